The molecule has 0 atom stereocenters. The SMILES string of the molecule is O=C(Nc1ccccc1)c1cccc(Cn2c(-c3ccccc3)noc2=O)c1. The molecule has 3 aromatic carbocycles. The van der Waals surface area contributed by atoms with Crippen molar-refractivity contribution in [1.82, 2.24) is 9.72 Å². The highest BCUT2D eigenvalue weighted by atomic mass is 16.5. The molecule has 6 nitrogen and oxygen atoms in total. The number of anilines is 1. The third kappa shape index (κ3) is 3.76. The molecule has 1 N–H and O–H groups in total. The van der Waals surface area contributed by atoms with Crippen LogP contribution in [0.5, 0.6) is 0 Å². The van der Waals surface area contributed by atoms with E-state index in [0.29, 0.717) is 11.4 Å². The molecule has 1 aromatic heterocycles. The van der Waals surface area contributed by atoms with Crippen molar-refractivity contribution in [2.75, 3.05) is 5.32 Å². The number of para-hydroxylation sites is 1. The maximum Gasteiger partial charge on any atom is 0.442 e. The van der Waals surface area contributed by atoms with E-state index in [1.165, 1.54) is 4.57 Å². The van der Waals surface area contributed by atoms with E-state index in [0.717, 1.165) is 16.8 Å². The van der Waals surface area contributed by atoms with E-state index in [2.05, 4.69) is 10.5 Å². The molecule has 0 aliphatic heterocycles. The summed E-state index contributed by atoms with van der Waals surface area (Å²) in [6, 6.07) is 25.7. The van der Waals surface area contributed by atoms with Crippen LogP contribution in [0.15, 0.2) is 94.2 Å². The smallest absolute Gasteiger partial charge is 0.322 e. The second kappa shape index (κ2) is 7.75. The summed E-state index contributed by atoms with van der Waals surface area (Å²) in [7, 11) is 0. The molecule has 1 amide bonds. The van der Waals surface area contributed by atoms with E-state index < -0.39 is 5.76 Å². The Hall–Kier alpha value is -3.93. The predicted molar refractivity (Wildman–Crippen MR) is 106 cm³/mol. The van der Waals surface area contributed by atoms with Gasteiger partial charge in [-0.1, -0.05) is 65.8 Å². The Balaban J connectivity index is 1.59. The van der Waals surface area contributed by atoms with Gasteiger partial charge in [0, 0.05) is 16.8 Å². The van der Waals surface area contributed by atoms with Crippen molar-refractivity contribution in [2.24, 2.45) is 0 Å². The molecule has 1 heterocycles. The molecule has 138 valence electrons. The van der Waals surface area contributed by atoms with Crippen LogP contribution in [0.4, 0.5) is 5.69 Å². The Morgan fingerprint density at radius 1 is 0.929 bits per heavy atom. The highest BCUT2D eigenvalue weighted by Crippen LogP contribution is 2.17. The van der Waals surface area contributed by atoms with Gasteiger partial charge in [-0.05, 0) is 29.8 Å². The lowest BCUT2D eigenvalue weighted by atomic mass is 10.1. The lowest BCUT2D eigenvalue weighted by Crippen LogP contribution is -2.17. The first-order valence-corrected chi connectivity index (χ1v) is 8.78. The summed E-state index contributed by atoms with van der Waals surface area (Å²) >= 11 is 0. The molecule has 0 aliphatic rings. The Bertz CT molecular complexity index is 1150. The summed E-state index contributed by atoms with van der Waals surface area (Å²) in [5.74, 6) is -0.309. The monoisotopic (exact) mass is 371 g/mol. The molecular formula is C22H17N3O3. The summed E-state index contributed by atoms with van der Waals surface area (Å²) in [5, 5.41) is 6.75. The number of carbonyl (C=O) groups excluding carboxylic acids is 1. The number of nitrogens with zero attached hydrogens (tertiary/aromatic N) is 2. The van der Waals surface area contributed by atoms with Gasteiger partial charge in [0.15, 0.2) is 5.82 Å². The van der Waals surface area contributed by atoms with Gasteiger partial charge in [0.1, 0.15) is 0 Å². The van der Waals surface area contributed by atoms with E-state index in [9.17, 15) is 9.59 Å². The highest BCUT2D eigenvalue weighted by Gasteiger charge is 2.14. The fourth-order valence-electron chi connectivity index (χ4n) is 2.92. The first-order chi connectivity index (χ1) is 13.7. The van der Waals surface area contributed by atoms with Crippen LogP contribution in [0.25, 0.3) is 11.4 Å². The van der Waals surface area contributed by atoms with Crippen molar-refractivity contribution in [3.8, 4) is 11.4 Å². The maximum absolute atomic E-state index is 12.5. The lowest BCUT2D eigenvalue weighted by Gasteiger charge is -2.08. The fourth-order valence-corrected chi connectivity index (χ4v) is 2.92. The van der Waals surface area contributed by atoms with E-state index in [1.807, 2.05) is 66.7 Å². The molecular weight excluding hydrogens is 354 g/mol. The van der Waals surface area contributed by atoms with Crippen LogP contribution in [0.1, 0.15) is 15.9 Å². The quantitative estimate of drug-likeness (QED) is 0.579. The summed E-state index contributed by atoms with van der Waals surface area (Å²) in [6.45, 7) is 0.249. The van der Waals surface area contributed by atoms with Crippen molar-refractivity contribution in [3.05, 3.63) is 107 Å². The van der Waals surface area contributed by atoms with Gasteiger partial charge in [0.05, 0.1) is 6.54 Å². The fraction of sp³-hybridized carbons (Fsp3) is 0.0455. The Labute approximate surface area is 161 Å². The van der Waals surface area contributed by atoms with Crippen LogP contribution in [-0.2, 0) is 6.54 Å². The van der Waals surface area contributed by atoms with Gasteiger partial charge in [0.2, 0.25) is 0 Å². The molecule has 0 bridgehead atoms. The highest BCUT2D eigenvalue weighted by molar-refractivity contribution is 6.04. The number of hydrogen-bond donors (Lipinski definition) is 1. The van der Waals surface area contributed by atoms with Gasteiger partial charge in [-0.2, -0.15) is 0 Å². The number of hydrogen-bond acceptors (Lipinski definition) is 4. The van der Waals surface area contributed by atoms with Gasteiger partial charge in [-0.25, -0.2) is 4.79 Å². The van der Waals surface area contributed by atoms with Crippen molar-refractivity contribution in [1.29, 1.82) is 0 Å². The van der Waals surface area contributed by atoms with Crippen molar-refractivity contribution < 1.29 is 9.32 Å². The summed E-state index contributed by atoms with van der Waals surface area (Å²) in [4.78, 5) is 24.6. The standard InChI is InChI=1S/C22H17N3O3/c26-21(23-19-12-5-2-6-13-19)18-11-7-8-16(14-18)15-25-20(24-28-22(25)27)17-9-3-1-4-10-17/h1-14H,15H2,(H,23,26). The summed E-state index contributed by atoms with van der Waals surface area (Å²) in [6.07, 6.45) is 0. The minimum absolute atomic E-state index is 0.214. The van der Waals surface area contributed by atoms with Crippen LogP contribution in [0, 0.1) is 0 Å². The van der Waals surface area contributed by atoms with Crippen molar-refractivity contribution in [3.63, 3.8) is 0 Å². The molecule has 6 heteroatoms. The molecule has 0 saturated heterocycles. The maximum atomic E-state index is 12.5. The van der Waals surface area contributed by atoms with Gasteiger partial charge in [-0.15, -0.1) is 0 Å². The van der Waals surface area contributed by atoms with Crippen LogP contribution in [-0.4, -0.2) is 15.6 Å². The van der Waals surface area contributed by atoms with E-state index in [-0.39, 0.29) is 12.5 Å². The first kappa shape index (κ1) is 17.5. The molecule has 0 aliphatic carbocycles. The van der Waals surface area contributed by atoms with Crippen LogP contribution in [0.2, 0.25) is 0 Å². The molecule has 0 saturated carbocycles. The molecule has 0 radical (unpaired) electrons. The molecule has 0 fully saturated rings. The molecule has 4 aromatic rings. The minimum atomic E-state index is -0.544. The molecule has 0 spiro atoms. The van der Waals surface area contributed by atoms with Crippen LogP contribution < -0.4 is 11.1 Å². The first-order valence-electron chi connectivity index (χ1n) is 8.78. The topological polar surface area (TPSA) is 77.1 Å². The second-order valence-corrected chi connectivity index (χ2v) is 6.24. The second-order valence-electron chi connectivity index (χ2n) is 6.24. The van der Waals surface area contributed by atoms with Crippen LogP contribution >= 0.6 is 0 Å². The average molecular weight is 371 g/mol. The third-order valence-electron chi connectivity index (χ3n) is 4.28. The number of aromatic nitrogens is 2. The van der Waals surface area contributed by atoms with E-state index in [1.54, 1.807) is 18.2 Å². The van der Waals surface area contributed by atoms with Gasteiger partial charge in [-0.3, -0.25) is 13.9 Å². The van der Waals surface area contributed by atoms with Gasteiger partial charge in [0.25, 0.3) is 5.91 Å². The van der Waals surface area contributed by atoms with Crippen LogP contribution in [0.3, 0.4) is 0 Å². The lowest BCUT2D eigenvalue weighted by molar-refractivity contribution is 0.102. The third-order valence-corrected chi connectivity index (χ3v) is 4.28. The van der Waals surface area contributed by atoms with E-state index >= 15 is 0 Å². The van der Waals surface area contributed by atoms with Gasteiger partial charge >= 0.3 is 5.76 Å². The van der Waals surface area contributed by atoms with Crippen molar-refractivity contribution in [2.45, 2.75) is 6.54 Å². The Morgan fingerprint density at radius 3 is 2.39 bits per heavy atom. The zero-order chi connectivity index (χ0) is 19.3. The Kier molecular flexibility index (Phi) is 4.84. The number of rotatable bonds is 5. The molecule has 4 rings (SSSR count). The predicted octanol–water partition coefficient (Wildman–Crippen LogP) is 3.80. The number of amides is 1. The van der Waals surface area contributed by atoms with Crippen molar-refractivity contribution >= 4 is 11.6 Å². The molecule has 28 heavy (non-hydrogen) atoms. The number of benzene rings is 3. The largest absolute Gasteiger partial charge is 0.442 e. The zero-order valence-electron chi connectivity index (χ0n) is 14.9. The average Bonchev–Trinajstić information content (AvgIpc) is 3.10. The van der Waals surface area contributed by atoms with Gasteiger partial charge < -0.3 is 5.32 Å². The Morgan fingerprint density at radius 2 is 1.64 bits per heavy atom. The number of carbonyl (C=O) groups is 1. The van der Waals surface area contributed by atoms with E-state index in [4.69, 9.17) is 4.52 Å². The summed E-state index contributed by atoms with van der Waals surface area (Å²) < 4.78 is 6.31. The number of nitrogens with one attached hydrogen (secondary N) is 1. The minimum Gasteiger partial charge on any atom is -0.322 e. The molecule has 0 unspecified atom stereocenters. The summed E-state index contributed by atoms with van der Waals surface area (Å²) in [5.41, 5.74) is 2.81. The zero-order valence-corrected chi connectivity index (χ0v) is 14.9. The normalized spacial score (nSPS) is 10.6.